The summed E-state index contributed by atoms with van der Waals surface area (Å²) >= 11 is 0. The van der Waals surface area contributed by atoms with Crippen LogP contribution < -0.4 is 5.32 Å². The van der Waals surface area contributed by atoms with E-state index in [9.17, 15) is 14.4 Å². The molecule has 0 aliphatic heterocycles. The van der Waals surface area contributed by atoms with Gasteiger partial charge in [0.05, 0.1) is 13.2 Å². The molecule has 1 N–H and O–H groups in total. The fourth-order valence-corrected chi connectivity index (χ4v) is 1.22. The monoisotopic (exact) mass is 285 g/mol. The molecule has 6 heteroatoms. The Morgan fingerprint density at radius 3 is 2.55 bits per heavy atom. The van der Waals surface area contributed by atoms with Crippen LogP contribution in [0.5, 0.6) is 0 Å². The molecule has 0 saturated carbocycles. The quantitative estimate of drug-likeness (QED) is 0.370. The van der Waals surface area contributed by atoms with Crippen molar-refractivity contribution in [2.24, 2.45) is 5.92 Å². The van der Waals surface area contributed by atoms with E-state index in [1.165, 1.54) is 0 Å². The van der Waals surface area contributed by atoms with Gasteiger partial charge in [0, 0.05) is 18.4 Å². The Bertz CT molecular complexity index is 340. The van der Waals surface area contributed by atoms with Gasteiger partial charge in [0.2, 0.25) is 5.91 Å². The Labute approximate surface area is 119 Å². The highest BCUT2D eigenvalue weighted by molar-refractivity contribution is 5.81. The van der Waals surface area contributed by atoms with Crippen LogP contribution in [-0.2, 0) is 23.9 Å². The highest BCUT2D eigenvalue weighted by Gasteiger charge is 2.09. The molecule has 1 amide bonds. The van der Waals surface area contributed by atoms with Crippen molar-refractivity contribution in [2.45, 2.75) is 33.1 Å². The summed E-state index contributed by atoms with van der Waals surface area (Å²) in [5.74, 6) is -0.964. The fraction of sp³-hybridized carbons (Fsp3) is 0.643. The van der Waals surface area contributed by atoms with Gasteiger partial charge in [-0.2, -0.15) is 0 Å². The van der Waals surface area contributed by atoms with Crippen LogP contribution in [-0.4, -0.2) is 37.6 Å². The van der Waals surface area contributed by atoms with E-state index in [0.717, 1.165) is 12.5 Å². The fourth-order valence-electron chi connectivity index (χ4n) is 1.22. The largest absolute Gasteiger partial charge is 0.464 e. The second kappa shape index (κ2) is 11.0. The highest BCUT2D eigenvalue weighted by atomic mass is 16.5. The Balaban J connectivity index is 3.52. The number of ether oxygens (including phenoxy) is 2. The minimum atomic E-state index is -0.508. The van der Waals surface area contributed by atoms with Gasteiger partial charge in [-0.15, -0.1) is 0 Å². The van der Waals surface area contributed by atoms with Crippen LogP contribution in [0, 0.1) is 5.92 Å². The van der Waals surface area contributed by atoms with Crippen molar-refractivity contribution in [1.29, 1.82) is 0 Å². The van der Waals surface area contributed by atoms with Crippen LogP contribution in [0.4, 0.5) is 0 Å². The molecule has 0 aromatic rings. The van der Waals surface area contributed by atoms with Crippen molar-refractivity contribution in [3.8, 4) is 0 Å². The third-order valence-electron chi connectivity index (χ3n) is 2.66. The molecule has 0 spiro atoms. The number of carbonyl (C=O) groups is 3. The zero-order valence-electron chi connectivity index (χ0n) is 12.1. The molecule has 0 aromatic heterocycles. The average Bonchev–Trinajstić information content (AvgIpc) is 2.46. The lowest BCUT2D eigenvalue weighted by molar-refractivity contribution is -0.145. The summed E-state index contributed by atoms with van der Waals surface area (Å²) in [5, 5.41) is 2.68. The van der Waals surface area contributed by atoms with E-state index >= 15 is 0 Å². The first kappa shape index (κ1) is 18.1. The zero-order chi connectivity index (χ0) is 15.4. The van der Waals surface area contributed by atoms with Crippen molar-refractivity contribution in [3.63, 3.8) is 0 Å². The molecular weight excluding hydrogens is 262 g/mol. The third kappa shape index (κ3) is 9.13. The van der Waals surface area contributed by atoms with E-state index < -0.39 is 5.97 Å². The summed E-state index contributed by atoms with van der Waals surface area (Å²) in [6.07, 6.45) is 2.41. The zero-order valence-corrected chi connectivity index (χ0v) is 12.1. The number of hydrogen-bond donors (Lipinski definition) is 1. The number of esters is 2. The van der Waals surface area contributed by atoms with E-state index in [1.807, 2.05) is 13.8 Å². The molecule has 0 heterocycles. The van der Waals surface area contributed by atoms with Crippen molar-refractivity contribution < 1.29 is 23.9 Å². The van der Waals surface area contributed by atoms with Gasteiger partial charge in [-0.05, 0) is 12.8 Å². The lowest BCUT2D eigenvalue weighted by Gasteiger charge is -2.10. The summed E-state index contributed by atoms with van der Waals surface area (Å²) in [6, 6.07) is 0. The standard InChI is InChI=1S/C14H23NO5/c1-4-11(3)14(18)15-8-10-20-13(17)7-6-9-19-12(16)5-2/h5,11H,2,4,6-10H2,1,3H3,(H,15,18). The number of amides is 1. The van der Waals surface area contributed by atoms with Crippen LogP contribution in [0.25, 0.3) is 0 Å². The van der Waals surface area contributed by atoms with Gasteiger partial charge in [-0.3, -0.25) is 9.59 Å². The lowest BCUT2D eigenvalue weighted by Crippen LogP contribution is -2.32. The Kier molecular flexibility index (Phi) is 10.00. The van der Waals surface area contributed by atoms with Gasteiger partial charge >= 0.3 is 11.9 Å². The Hall–Kier alpha value is -1.85. The van der Waals surface area contributed by atoms with Gasteiger partial charge in [0.1, 0.15) is 6.61 Å². The SMILES string of the molecule is C=CC(=O)OCCCC(=O)OCCNC(=O)C(C)CC. The minimum absolute atomic E-state index is 0.0368. The molecule has 0 aliphatic rings. The van der Waals surface area contributed by atoms with E-state index in [1.54, 1.807) is 0 Å². The molecule has 114 valence electrons. The van der Waals surface area contributed by atoms with Crippen molar-refractivity contribution >= 4 is 17.8 Å². The first-order valence-corrected chi connectivity index (χ1v) is 6.73. The highest BCUT2D eigenvalue weighted by Crippen LogP contribution is 1.99. The maximum atomic E-state index is 11.4. The van der Waals surface area contributed by atoms with Crippen LogP contribution in [0.1, 0.15) is 33.1 Å². The molecule has 1 unspecified atom stereocenters. The van der Waals surface area contributed by atoms with Crippen molar-refractivity contribution in [2.75, 3.05) is 19.8 Å². The predicted octanol–water partition coefficient (Wildman–Crippen LogP) is 1.20. The summed E-state index contributed by atoms with van der Waals surface area (Å²) in [7, 11) is 0. The molecule has 6 nitrogen and oxygen atoms in total. The molecule has 0 rings (SSSR count). The van der Waals surface area contributed by atoms with Gasteiger partial charge in [0.15, 0.2) is 0 Å². The molecule has 0 fully saturated rings. The van der Waals surface area contributed by atoms with Crippen molar-refractivity contribution in [1.82, 2.24) is 5.32 Å². The van der Waals surface area contributed by atoms with Gasteiger partial charge in [-0.25, -0.2) is 4.79 Å². The smallest absolute Gasteiger partial charge is 0.330 e. The van der Waals surface area contributed by atoms with Crippen molar-refractivity contribution in [3.05, 3.63) is 12.7 Å². The summed E-state index contributed by atoms with van der Waals surface area (Å²) in [5.41, 5.74) is 0. The normalized spacial score (nSPS) is 11.3. The Morgan fingerprint density at radius 2 is 1.95 bits per heavy atom. The predicted molar refractivity (Wildman–Crippen MR) is 73.8 cm³/mol. The first-order chi connectivity index (χ1) is 9.51. The van der Waals surface area contributed by atoms with E-state index in [-0.39, 0.29) is 37.4 Å². The summed E-state index contributed by atoms with van der Waals surface area (Å²) < 4.78 is 9.64. The lowest BCUT2D eigenvalue weighted by atomic mass is 10.1. The molecule has 0 saturated heterocycles. The first-order valence-electron chi connectivity index (χ1n) is 6.73. The molecule has 0 bridgehead atoms. The molecule has 20 heavy (non-hydrogen) atoms. The summed E-state index contributed by atoms with van der Waals surface area (Å²) in [4.78, 5) is 33.4. The Morgan fingerprint density at radius 1 is 1.25 bits per heavy atom. The molecule has 0 radical (unpaired) electrons. The number of hydrogen-bond acceptors (Lipinski definition) is 5. The maximum absolute atomic E-state index is 11.4. The average molecular weight is 285 g/mol. The summed E-state index contributed by atoms with van der Waals surface area (Å²) in [6.45, 7) is 7.64. The van der Waals surface area contributed by atoms with Crippen LogP contribution in [0.3, 0.4) is 0 Å². The molecule has 0 aliphatic carbocycles. The molecular formula is C14H23NO5. The number of nitrogens with one attached hydrogen (secondary N) is 1. The topological polar surface area (TPSA) is 81.7 Å². The maximum Gasteiger partial charge on any atom is 0.330 e. The van der Waals surface area contributed by atoms with Crippen LogP contribution in [0.2, 0.25) is 0 Å². The van der Waals surface area contributed by atoms with Gasteiger partial charge in [0.25, 0.3) is 0 Å². The number of carbonyl (C=O) groups excluding carboxylic acids is 3. The van der Waals surface area contributed by atoms with E-state index in [0.29, 0.717) is 13.0 Å². The van der Waals surface area contributed by atoms with E-state index in [2.05, 4.69) is 11.9 Å². The van der Waals surface area contributed by atoms with E-state index in [4.69, 9.17) is 9.47 Å². The molecule has 1 atom stereocenters. The minimum Gasteiger partial charge on any atom is -0.464 e. The number of rotatable bonds is 10. The molecule has 0 aromatic carbocycles. The third-order valence-corrected chi connectivity index (χ3v) is 2.66. The second-order valence-electron chi connectivity index (χ2n) is 4.30. The van der Waals surface area contributed by atoms with Gasteiger partial charge < -0.3 is 14.8 Å². The van der Waals surface area contributed by atoms with Gasteiger partial charge in [-0.1, -0.05) is 20.4 Å². The van der Waals surface area contributed by atoms with Crippen LogP contribution >= 0.6 is 0 Å². The van der Waals surface area contributed by atoms with Crippen LogP contribution in [0.15, 0.2) is 12.7 Å². The second-order valence-corrected chi connectivity index (χ2v) is 4.30.